The van der Waals surface area contributed by atoms with Crippen molar-refractivity contribution >= 4 is 5.78 Å². The zero-order chi connectivity index (χ0) is 11.5. The van der Waals surface area contributed by atoms with E-state index < -0.39 is 0 Å². The molecule has 0 spiro atoms. The maximum Gasteiger partial charge on any atom is 0.139 e. The second kappa shape index (κ2) is 2.97. The van der Waals surface area contributed by atoms with Gasteiger partial charge in [0.25, 0.3) is 0 Å². The van der Waals surface area contributed by atoms with E-state index in [0.717, 1.165) is 0 Å². The Kier molecular flexibility index (Phi) is 1.87. The molecule has 84 valence electrons. The van der Waals surface area contributed by atoms with Crippen LogP contribution in [0.2, 0.25) is 0 Å². The zero-order valence-corrected chi connectivity index (χ0v) is 10.1. The van der Waals surface area contributed by atoms with E-state index in [9.17, 15) is 4.79 Å². The minimum Gasteiger partial charge on any atom is -0.299 e. The molecule has 0 aromatic carbocycles. The summed E-state index contributed by atoms with van der Waals surface area (Å²) < 4.78 is 0. The van der Waals surface area contributed by atoms with Gasteiger partial charge in [0.1, 0.15) is 5.78 Å². The Morgan fingerprint density at radius 1 is 1.12 bits per heavy atom. The van der Waals surface area contributed by atoms with Crippen LogP contribution in [-0.4, -0.2) is 5.78 Å². The highest BCUT2D eigenvalue weighted by Crippen LogP contribution is 2.55. The lowest BCUT2D eigenvalue weighted by atomic mass is 9.74. The van der Waals surface area contributed by atoms with E-state index in [0.29, 0.717) is 23.7 Å². The molecule has 3 rings (SSSR count). The van der Waals surface area contributed by atoms with Crippen molar-refractivity contribution in [1.82, 2.24) is 0 Å². The first-order valence-electron chi connectivity index (χ1n) is 6.11. The van der Waals surface area contributed by atoms with Gasteiger partial charge < -0.3 is 0 Å². The van der Waals surface area contributed by atoms with E-state index in [1.165, 1.54) is 5.57 Å². The van der Waals surface area contributed by atoms with Crippen molar-refractivity contribution in [3.8, 4) is 0 Å². The molecule has 0 N–H and O–H groups in total. The Balaban J connectivity index is 2.02. The van der Waals surface area contributed by atoms with Crippen LogP contribution in [0.15, 0.2) is 36.0 Å². The molecule has 3 aliphatic carbocycles. The number of Topliss-reactive ketones (excluding diaryl/α,β-unsaturated/α-hetero) is 1. The SMILES string of the molecule is CC(=O)C(C)(C)C1=C[C@@H]2C=C[C@@H]3C=C[C@H]1[C@H]32. The van der Waals surface area contributed by atoms with Gasteiger partial charge in [-0.2, -0.15) is 0 Å². The van der Waals surface area contributed by atoms with Crippen molar-refractivity contribution in [1.29, 1.82) is 0 Å². The van der Waals surface area contributed by atoms with Gasteiger partial charge in [-0.05, 0) is 38.5 Å². The Morgan fingerprint density at radius 2 is 1.75 bits per heavy atom. The number of carbonyl (C=O) groups excluding carboxylic acids is 1. The fraction of sp³-hybridized carbons (Fsp3) is 0.533. The van der Waals surface area contributed by atoms with Crippen LogP contribution in [0.1, 0.15) is 20.8 Å². The lowest BCUT2D eigenvalue weighted by molar-refractivity contribution is -0.123. The van der Waals surface area contributed by atoms with Gasteiger partial charge in [0.15, 0.2) is 0 Å². The molecule has 16 heavy (non-hydrogen) atoms. The Bertz CT molecular complexity index is 436. The van der Waals surface area contributed by atoms with E-state index in [1.807, 2.05) is 0 Å². The zero-order valence-electron chi connectivity index (χ0n) is 10.1. The molecule has 3 aliphatic rings. The van der Waals surface area contributed by atoms with E-state index in [1.54, 1.807) is 6.92 Å². The maximum absolute atomic E-state index is 11.8. The third kappa shape index (κ3) is 1.09. The summed E-state index contributed by atoms with van der Waals surface area (Å²) in [5, 5.41) is 0. The van der Waals surface area contributed by atoms with Gasteiger partial charge in [-0.1, -0.05) is 36.0 Å². The van der Waals surface area contributed by atoms with Gasteiger partial charge in [0.2, 0.25) is 0 Å². The van der Waals surface area contributed by atoms with Crippen molar-refractivity contribution in [3.63, 3.8) is 0 Å². The molecule has 1 nitrogen and oxygen atoms in total. The van der Waals surface area contributed by atoms with Crippen LogP contribution in [0.4, 0.5) is 0 Å². The second-order valence-corrected chi connectivity index (χ2v) is 5.83. The van der Waals surface area contributed by atoms with Gasteiger partial charge in [0.05, 0.1) is 0 Å². The monoisotopic (exact) mass is 214 g/mol. The minimum absolute atomic E-state index is 0.277. The molecule has 0 fully saturated rings. The van der Waals surface area contributed by atoms with Crippen molar-refractivity contribution < 1.29 is 4.79 Å². The summed E-state index contributed by atoms with van der Waals surface area (Å²) in [7, 11) is 0. The third-order valence-electron chi connectivity index (χ3n) is 4.73. The molecule has 0 radical (unpaired) electrons. The fourth-order valence-corrected chi connectivity index (χ4v) is 3.44. The quantitative estimate of drug-likeness (QED) is 0.645. The minimum atomic E-state index is -0.290. The molecule has 0 bridgehead atoms. The van der Waals surface area contributed by atoms with Crippen molar-refractivity contribution in [2.24, 2.45) is 29.1 Å². The predicted octanol–water partition coefficient (Wildman–Crippen LogP) is 3.15. The molecular formula is C15H18O. The molecule has 4 atom stereocenters. The van der Waals surface area contributed by atoms with Gasteiger partial charge >= 0.3 is 0 Å². The number of hydrogen-bond acceptors (Lipinski definition) is 1. The highest BCUT2D eigenvalue weighted by Gasteiger charge is 2.48. The van der Waals surface area contributed by atoms with Crippen molar-refractivity contribution in [2.45, 2.75) is 20.8 Å². The third-order valence-corrected chi connectivity index (χ3v) is 4.73. The summed E-state index contributed by atoms with van der Waals surface area (Å²) in [6.07, 6.45) is 11.6. The molecule has 0 aromatic heterocycles. The Hall–Kier alpha value is -1.11. The van der Waals surface area contributed by atoms with Crippen molar-refractivity contribution in [2.75, 3.05) is 0 Å². The smallest absolute Gasteiger partial charge is 0.139 e. The predicted molar refractivity (Wildman–Crippen MR) is 64.8 cm³/mol. The summed E-state index contributed by atoms with van der Waals surface area (Å²) in [5.74, 6) is 2.65. The van der Waals surface area contributed by atoms with Gasteiger partial charge in [0, 0.05) is 11.3 Å². The molecule has 0 amide bonds. The van der Waals surface area contributed by atoms with E-state index in [2.05, 4.69) is 44.2 Å². The summed E-state index contributed by atoms with van der Waals surface area (Å²) in [5.41, 5.74) is 1.06. The Labute approximate surface area is 96.9 Å². The van der Waals surface area contributed by atoms with Crippen LogP contribution < -0.4 is 0 Å². The largest absolute Gasteiger partial charge is 0.299 e. The summed E-state index contributed by atoms with van der Waals surface area (Å²) in [6, 6.07) is 0. The van der Waals surface area contributed by atoms with Crippen LogP contribution >= 0.6 is 0 Å². The first-order chi connectivity index (χ1) is 7.51. The van der Waals surface area contributed by atoms with Crippen LogP contribution in [0.25, 0.3) is 0 Å². The molecule has 0 unspecified atom stereocenters. The molecule has 0 saturated carbocycles. The maximum atomic E-state index is 11.8. The highest BCUT2D eigenvalue weighted by atomic mass is 16.1. The number of rotatable bonds is 2. The normalized spacial score (nSPS) is 39.1. The van der Waals surface area contributed by atoms with Crippen LogP contribution in [-0.2, 0) is 4.79 Å². The Morgan fingerprint density at radius 3 is 2.44 bits per heavy atom. The fourth-order valence-electron chi connectivity index (χ4n) is 3.44. The van der Waals surface area contributed by atoms with E-state index >= 15 is 0 Å². The average molecular weight is 214 g/mol. The summed E-state index contributed by atoms with van der Waals surface area (Å²) >= 11 is 0. The lowest BCUT2D eigenvalue weighted by Gasteiger charge is -2.28. The van der Waals surface area contributed by atoms with E-state index in [-0.39, 0.29) is 11.2 Å². The lowest BCUT2D eigenvalue weighted by Crippen LogP contribution is -2.27. The van der Waals surface area contributed by atoms with Gasteiger partial charge in [-0.15, -0.1) is 0 Å². The number of carbonyl (C=O) groups is 1. The molecule has 0 heterocycles. The molecule has 0 aromatic rings. The highest BCUT2D eigenvalue weighted by molar-refractivity contribution is 5.85. The molecule has 0 saturated heterocycles. The first-order valence-corrected chi connectivity index (χ1v) is 6.11. The van der Waals surface area contributed by atoms with Crippen LogP contribution in [0.5, 0.6) is 0 Å². The van der Waals surface area contributed by atoms with Gasteiger partial charge in [-0.25, -0.2) is 0 Å². The second-order valence-electron chi connectivity index (χ2n) is 5.83. The summed E-state index contributed by atoms with van der Waals surface area (Å²) in [6.45, 7) is 5.83. The topological polar surface area (TPSA) is 17.1 Å². The van der Waals surface area contributed by atoms with Crippen molar-refractivity contribution in [3.05, 3.63) is 36.0 Å². The van der Waals surface area contributed by atoms with Crippen LogP contribution in [0, 0.1) is 29.1 Å². The standard InChI is InChI=1S/C15H18O/c1-9(16)15(2,3)13-8-11-5-4-10-6-7-12(13)14(10)11/h4-8,10-12,14H,1-3H3/t10-,11+,12-,14-/m1/s1. The van der Waals surface area contributed by atoms with Gasteiger partial charge in [-0.3, -0.25) is 4.79 Å². The number of hydrogen-bond donors (Lipinski definition) is 0. The molecule has 1 heteroatoms. The first kappa shape index (κ1) is 10.1. The molecular weight excluding hydrogens is 196 g/mol. The number of ketones is 1. The number of allylic oxidation sites excluding steroid dienone is 6. The van der Waals surface area contributed by atoms with Crippen LogP contribution in [0.3, 0.4) is 0 Å². The molecule has 0 aliphatic heterocycles. The van der Waals surface area contributed by atoms with E-state index in [4.69, 9.17) is 0 Å². The summed E-state index contributed by atoms with van der Waals surface area (Å²) in [4.78, 5) is 11.8. The average Bonchev–Trinajstić information content (AvgIpc) is 2.85.